The molecular weight excluding hydrogens is 334 g/mol. The molecule has 8 heteroatoms. The van der Waals surface area contributed by atoms with Crippen LogP contribution >= 0.6 is 0 Å². The zero-order chi connectivity index (χ0) is 18.7. The van der Waals surface area contributed by atoms with E-state index in [1.165, 1.54) is 0 Å². The molecule has 0 aliphatic carbocycles. The van der Waals surface area contributed by atoms with Crippen molar-refractivity contribution in [3.05, 3.63) is 11.7 Å². The van der Waals surface area contributed by atoms with Crippen molar-refractivity contribution in [3.8, 4) is 0 Å². The van der Waals surface area contributed by atoms with Gasteiger partial charge in [0.05, 0.1) is 6.54 Å². The second kappa shape index (κ2) is 8.16. The summed E-state index contributed by atoms with van der Waals surface area (Å²) >= 11 is 0. The van der Waals surface area contributed by atoms with Gasteiger partial charge in [-0.15, -0.1) is 0 Å². The molecule has 2 saturated heterocycles. The minimum Gasteiger partial charge on any atom is -0.369 e. The van der Waals surface area contributed by atoms with Crippen LogP contribution in [0.25, 0.3) is 0 Å². The number of hydrogen-bond donors (Lipinski definition) is 1. The third kappa shape index (κ3) is 4.23. The van der Waals surface area contributed by atoms with E-state index in [-0.39, 0.29) is 36.2 Å². The number of rotatable bonds is 5. The molecule has 3 rings (SSSR count). The zero-order valence-electron chi connectivity index (χ0n) is 15.7. The summed E-state index contributed by atoms with van der Waals surface area (Å²) in [4.78, 5) is 32.7. The van der Waals surface area contributed by atoms with Gasteiger partial charge in [-0.25, -0.2) is 0 Å². The Morgan fingerprint density at radius 2 is 1.92 bits per heavy atom. The normalized spacial score (nSPS) is 22.7. The highest BCUT2D eigenvalue weighted by atomic mass is 16.5. The van der Waals surface area contributed by atoms with Gasteiger partial charge >= 0.3 is 0 Å². The molecular formula is C18H29N5O3. The molecule has 0 radical (unpaired) electrons. The van der Waals surface area contributed by atoms with Gasteiger partial charge in [-0.3, -0.25) is 14.5 Å². The number of amides is 2. The Kier molecular flexibility index (Phi) is 5.90. The number of hydrogen-bond acceptors (Lipinski definition) is 6. The number of nitrogens with two attached hydrogens (primary N) is 1. The van der Waals surface area contributed by atoms with Crippen molar-refractivity contribution in [3.63, 3.8) is 0 Å². The smallest absolute Gasteiger partial charge is 0.249 e. The Bertz CT molecular complexity index is 637. The fourth-order valence-electron chi connectivity index (χ4n) is 3.86. The molecule has 2 fully saturated rings. The van der Waals surface area contributed by atoms with E-state index in [0.29, 0.717) is 11.7 Å². The maximum absolute atomic E-state index is 13.1. The first-order chi connectivity index (χ1) is 12.5. The summed E-state index contributed by atoms with van der Waals surface area (Å²) in [5, 5.41) is 4.06. The molecule has 1 atom stereocenters. The molecule has 8 nitrogen and oxygen atoms in total. The molecule has 3 heterocycles. The highest BCUT2D eigenvalue weighted by Gasteiger charge is 2.36. The topological polar surface area (TPSA) is 106 Å². The average molecular weight is 363 g/mol. The SMILES string of the molecule is CC(C)c1noc([C@H]2CCCCN2C(=O)C2CCN(CC(N)=O)CC2)n1. The Balaban J connectivity index is 1.65. The monoisotopic (exact) mass is 363 g/mol. The first kappa shape index (κ1) is 18.8. The summed E-state index contributed by atoms with van der Waals surface area (Å²) in [6, 6.07) is -0.111. The van der Waals surface area contributed by atoms with Gasteiger partial charge in [0.25, 0.3) is 0 Å². The van der Waals surface area contributed by atoms with Gasteiger partial charge in [-0.1, -0.05) is 19.0 Å². The minimum absolute atomic E-state index is 0.00721. The van der Waals surface area contributed by atoms with Crippen LogP contribution in [-0.2, 0) is 9.59 Å². The van der Waals surface area contributed by atoms with Crippen molar-refractivity contribution in [2.24, 2.45) is 11.7 Å². The minimum atomic E-state index is -0.316. The summed E-state index contributed by atoms with van der Waals surface area (Å²) in [6.45, 7) is 6.53. The largest absolute Gasteiger partial charge is 0.369 e. The standard InChI is InChI=1S/C18H29N5O3/c1-12(2)16-20-17(26-21-16)14-5-3-4-8-23(14)18(25)13-6-9-22(10-7-13)11-15(19)24/h12-14H,3-11H2,1-2H3,(H2,19,24)/t14-/m1/s1. The molecule has 2 N–H and O–H groups in total. The van der Waals surface area contributed by atoms with Gasteiger partial charge in [0.15, 0.2) is 5.82 Å². The molecule has 2 aliphatic heterocycles. The second-order valence-corrected chi connectivity index (χ2v) is 7.71. The summed E-state index contributed by atoms with van der Waals surface area (Å²) in [5.41, 5.74) is 5.26. The van der Waals surface area contributed by atoms with Crippen LogP contribution in [0.2, 0.25) is 0 Å². The predicted octanol–water partition coefficient (Wildman–Crippen LogP) is 1.44. The number of carbonyl (C=O) groups is 2. The summed E-state index contributed by atoms with van der Waals surface area (Å²) < 4.78 is 5.48. The highest BCUT2D eigenvalue weighted by Crippen LogP contribution is 2.33. The summed E-state index contributed by atoms with van der Waals surface area (Å²) in [5.74, 6) is 1.31. The van der Waals surface area contributed by atoms with E-state index in [0.717, 1.165) is 51.7 Å². The van der Waals surface area contributed by atoms with Gasteiger partial charge in [0.2, 0.25) is 17.7 Å². The number of likely N-dealkylation sites (tertiary alicyclic amines) is 2. The molecule has 0 aromatic carbocycles. The maximum atomic E-state index is 13.1. The van der Waals surface area contributed by atoms with Gasteiger partial charge in [-0.05, 0) is 45.2 Å². The van der Waals surface area contributed by atoms with Crippen LogP contribution < -0.4 is 5.73 Å². The second-order valence-electron chi connectivity index (χ2n) is 7.71. The quantitative estimate of drug-likeness (QED) is 0.849. The molecule has 2 amide bonds. The van der Waals surface area contributed by atoms with Gasteiger partial charge in [0, 0.05) is 18.4 Å². The predicted molar refractivity (Wildman–Crippen MR) is 95.1 cm³/mol. The van der Waals surface area contributed by atoms with Crippen molar-refractivity contribution >= 4 is 11.8 Å². The fraction of sp³-hybridized carbons (Fsp3) is 0.778. The van der Waals surface area contributed by atoms with Crippen LogP contribution in [0, 0.1) is 5.92 Å². The van der Waals surface area contributed by atoms with Crippen LogP contribution in [0.15, 0.2) is 4.52 Å². The lowest BCUT2D eigenvalue weighted by atomic mass is 9.92. The first-order valence-electron chi connectivity index (χ1n) is 9.60. The lowest BCUT2D eigenvalue weighted by Crippen LogP contribution is -2.46. The van der Waals surface area contributed by atoms with Crippen LogP contribution in [0.3, 0.4) is 0 Å². The maximum Gasteiger partial charge on any atom is 0.249 e. The highest BCUT2D eigenvalue weighted by molar-refractivity contribution is 5.79. The molecule has 0 bridgehead atoms. The molecule has 0 saturated carbocycles. The van der Waals surface area contributed by atoms with E-state index in [1.807, 2.05) is 23.6 Å². The molecule has 2 aliphatic rings. The van der Waals surface area contributed by atoms with Crippen LogP contribution in [0.4, 0.5) is 0 Å². The third-order valence-corrected chi connectivity index (χ3v) is 5.36. The van der Waals surface area contributed by atoms with Crippen molar-refractivity contribution in [2.75, 3.05) is 26.2 Å². The fourth-order valence-corrected chi connectivity index (χ4v) is 3.86. The number of piperidine rings is 2. The van der Waals surface area contributed by atoms with E-state index in [9.17, 15) is 9.59 Å². The number of nitrogens with zero attached hydrogens (tertiary/aromatic N) is 4. The molecule has 26 heavy (non-hydrogen) atoms. The average Bonchev–Trinajstić information content (AvgIpc) is 3.11. The molecule has 0 spiro atoms. The van der Waals surface area contributed by atoms with E-state index in [1.54, 1.807) is 0 Å². The van der Waals surface area contributed by atoms with E-state index < -0.39 is 0 Å². The molecule has 1 aromatic heterocycles. The van der Waals surface area contributed by atoms with Crippen molar-refractivity contribution < 1.29 is 14.1 Å². The zero-order valence-corrected chi connectivity index (χ0v) is 15.7. The Hall–Kier alpha value is -1.96. The van der Waals surface area contributed by atoms with Gasteiger partial charge in [-0.2, -0.15) is 4.98 Å². The Morgan fingerprint density at radius 1 is 1.19 bits per heavy atom. The van der Waals surface area contributed by atoms with Crippen molar-refractivity contribution in [1.82, 2.24) is 19.9 Å². The number of aromatic nitrogens is 2. The van der Waals surface area contributed by atoms with Gasteiger partial charge in [0.1, 0.15) is 6.04 Å². The number of primary amides is 1. The van der Waals surface area contributed by atoms with E-state index in [4.69, 9.17) is 10.3 Å². The lowest BCUT2D eigenvalue weighted by Gasteiger charge is -2.38. The molecule has 144 valence electrons. The van der Waals surface area contributed by atoms with Crippen LogP contribution in [0.5, 0.6) is 0 Å². The third-order valence-electron chi connectivity index (χ3n) is 5.36. The summed E-state index contributed by atoms with van der Waals surface area (Å²) in [7, 11) is 0. The molecule has 0 unspecified atom stereocenters. The van der Waals surface area contributed by atoms with Crippen molar-refractivity contribution in [2.45, 2.75) is 57.9 Å². The van der Waals surface area contributed by atoms with Crippen LogP contribution in [0.1, 0.15) is 69.6 Å². The first-order valence-corrected chi connectivity index (χ1v) is 9.60. The Labute approximate surface area is 154 Å². The lowest BCUT2D eigenvalue weighted by molar-refractivity contribution is -0.141. The van der Waals surface area contributed by atoms with Crippen molar-refractivity contribution in [1.29, 1.82) is 0 Å². The van der Waals surface area contributed by atoms with Gasteiger partial charge < -0.3 is 15.2 Å². The van der Waals surface area contributed by atoms with E-state index >= 15 is 0 Å². The summed E-state index contributed by atoms with van der Waals surface area (Å²) in [6.07, 6.45) is 4.46. The van der Waals surface area contributed by atoms with E-state index in [2.05, 4.69) is 10.1 Å². The van der Waals surface area contributed by atoms with Crippen LogP contribution in [-0.4, -0.2) is 57.9 Å². The Morgan fingerprint density at radius 3 is 2.54 bits per heavy atom. The number of carbonyl (C=O) groups excluding carboxylic acids is 2. The molecule has 1 aromatic rings.